The molecule has 1 nitrogen and oxygen atoms in total. The molecule has 0 amide bonds. The predicted molar refractivity (Wildman–Crippen MR) is 50.4 cm³/mol. The molecule has 1 N–H and O–H groups in total. The van der Waals surface area contributed by atoms with Crippen LogP contribution in [0.3, 0.4) is 0 Å². The van der Waals surface area contributed by atoms with Gasteiger partial charge in [0.2, 0.25) is 0 Å². The summed E-state index contributed by atoms with van der Waals surface area (Å²) >= 11 is 0. The van der Waals surface area contributed by atoms with Crippen LogP contribution in [-0.4, -0.2) is 17.8 Å². The molecule has 0 aromatic carbocycles. The fourth-order valence-electron chi connectivity index (χ4n) is 3.41. The minimum absolute atomic E-state index is 0.146. The lowest BCUT2D eigenvalue weighted by Crippen LogP contribution is -2.51. The van der Waals surface area contributed by atoms with E-state index in [-0.39, 0.29) is 18.9 Å². The molecule has 0 radical (unpaired) electrons. The molecule has 0 aromatic rings. The highest BCUT2D eigenvalue weighted by molar-refractivity contribution is 5.11. The fourth-order valence-corrected chi connectivity index (χ4v) is 3.41. The van der Waals surface area contributed by atoms with Crippen LogP contribution in [0.5, 0.6) is 0 Å². The Morgan fingerprint density at radius 1 is 1.07 bits per heavy atom. The quantitative estimate of drug-likeness (QED) is 0.753. The van der Waals surface area contributed by atoms with Crippen LogP contribution in [0.4, 0.5) is 13.2 Å². The van der Waals surface area contributed by atoms with E-state index in [1.54, 1.807) is 0 Å². The van der Waals surface area contributed by atoms with Gasteiger partial charge in [-0.2, -0.15) is 13.2 Å². The van der Waals surface area contributed by atoms with E-state index < -0.39 is 11.7 Å². The summed E-state index contributed by atoms with van der Waals surface area (Å²) in [4.78, 5) is 0. The van der Waals surface area contributed by atoms with Crippen LogP contribution in [-0.2, 0) is 0 Å². The minimum atomic E-state index is -4.05. The SMILES string of the molecule is FC(F)(F)C1(NC2CC3CCC2C3)CC1. The Morgan fingerprint density at radius 3 is 2.20 bits per heavy atom. The van der Waals surface area contributed by atoms with Gasteiger partial charge in [-0.1, -0.05) is 6.42 Å². The first-order chi connectivity index (χ1) is 7.00. The first-order valence-electron chi connectivity index (χ1n) is 5.85. The Kier molecular flexibility index (Phi) is 1.92. The van der Waals surface area contributed by atoms with Gasteiger partial charge in [-0.15, -0.1) is 0 Å². The molecule has 3 unspecified atom stereocenters. The van der Waals surface area contributed by atoms with Crippen molar-refractivity contribution in [3.05, 3.63) is 0 Å². The Balaban J connectivity index is 1.67. The third-order valence-electron chi connectivity index (χ3n) is 4.49. The molecule has 15 heavy (non-hydrogen) atoms. The van der Waals surface area contributed by atoms with Crippen molar-refractivity contribution in [3.8, 4) is 0 Å². The van der Waals surface area contributed by atoms with Gasteiger partial charge in [0.1, 0.15) is 5.54 Å². The van der Waals surface area contributed by atoms with Crippen LogP contribution >= 0.6 is 0 Å². The summed E-state index contributed by atoms with van der Waals surface area (Å²) < 4.78 is 38.2. The summed E-state index contributed by atoms with van der Waals surface area (Å²) in [5, 5.41) is 2.91. The molecule has 86 valence electrons. The van der Waals surface area contributed by atoms with Crippen molar-refractivity contribution < 1.29 is 13.2 Å². The van der Waals surface area contributed by atoms with Gasteiger partial charge >= 0.3 is 6.18 Å². The van der Waals surface area contributed by atoms with E-state index in [0.29, 0.717) is 11.8 Å². The molecular weight excluding hydrogens is 203 g/mol. The average molecular weight is 219 g/mol. The largest absolute Gasteiger partial charge is 0.406 e. The van der Waals surface area contributed by atoms with Gasteiger partial charge < -0.3 is 5.32 Å². The van der Waals surface area contributed by atoms with E-state index in [2.05, 4.69) is 5.32 Å². The van der Waals surface area contributed by atoms with E-state index in [4.69, 9.17) is 0 Å². The highest BCUT2D eigenvalue weighted by Crippen LogP contribution is 2.52. The van der Waals surface area contributed by atoms with Crippen LogP contribution < -0.4 is 5.32 Å². The molecule has 0 heterocycles. The Hall–Kier alpha value is -0.250. The number of fused-ring (bicyclic) bond motifs is 2. The number of nitrogens with one attached hydrogen (secondary N) is 1. The second-order valence-electron chi connectivity index (χ2n) is 5.51. The standard InChI is InChI=1S/C11H16F3N/c12-11(13,14)10(3-4-10)15-9-6-7-1-2-8(9)5-7/h7-9,15H,1-6H2. The Labute approximate surface area is 87.4 Å². The van der Waals surface area contributed by atoms with E-state index >= 15 is 0 Å². The minimum Gasteiger partial charge on any atom is -0.301 e. The number of alkyl halides is 3. The smallest absolute Gasteiger partial charge is 0.301 e. The summed E-state index contributed by atoms with van der Waals surface area (Å²) in [5.41, 5.74) is -1.50. The highest BCUT2D eigenvalue weighted by atomic mass is 19.4. The number of halogens is 3. The van der Waals surface area contributed by atoms with Crippen molar-refractivity contribution >= 4 is 0 Å². The average Bonchev–Trinajstić information content (AvgIpc) is 2.67. The summed E-state index contributed by atoms with van der Waals surface area (Å²) in [7, 11) is 0. The zero-order chi connectivity index (χ0) is 10.7. The molecule has 0 aliphatic heterocycles. The molecule has 3 fully saturated rings. The first kappa shape index (κ1) is 9.94. The summed E-state index contributed by atoms with van der Waals surface area (Å²) in [5.74, 6) is 1.23. The molecule has 0 aromatic heterocycles. The number of hydrogen-bond acceptors (Lipinski definition) is 1. The van der Waals surface area contributed by atoms with E-state index in [1.807, 2.05) is 0 Å². The highest BCUT2D eigenvalue weighted by Gasteiger charge is 2.64. The van der Waals surface area contributed by atoms with Gasteiger partial charge in [0.05, 0.1) is 0 Å². The van der Waals surface area contributed by atoms with Crippen molar-refractivity contribution in [2.24, 2.45) is 11.8 Å². The Morgan fingerprint density at radius 2 is 1.80 bits per heavy atom. The second-order valence-corrected chi connectivity index (χ2v) is 5.51. The van der Waals surface area contributed by atoms with Gasteiger partial charge in [0.15, 0.2) is 0 Å². The van der Waals surface area contributed by atoms with Crippen LogP contribution in [0, 0.1) is 11.8 Å². The summed E-state index contributed by atoms with van der Waals surface area (Å²) in [6.07, 6.45) is 1.02. The molecule has 3 aliphatic carbocycles. The third-order valence-corrected chi connectivity index (χ3v) is 4.49. The monoisotopic (exact) mass is 219 g/mol. The molecule has 2 bridgehead atoms. The predicted octanol–water partition coefficient (Wildman–Crippen LogP) is 2.86. The van der Waals surface area contributed by atoms with Crippen molar-refractivity contribution in [2.75, 3.05) is 0 Å². The van der Waals surface area contributed by atoms with E-state index in [9.17, 15) is 13.2 Å². The second kappa shape index (κ2) is 2.90. The van der Waals surface area contributed by atoms with Crippen molar-refractivity contribution in [1.82, 2.24) is 5.32 Å². The van der Waals surface area contributed by atoms with Crippen molar-refractivity contribution in [2.45, 2.75) is 56.3 Å². The first-order valence-corrected chi connectivity index (χ1v) is 5.85. The molecular formula is C11H16F3N. The van der Waals surface area contributed by atoms with Crippen LogP contribution in [0.1, 0.15) is 38.5 Å². The van der Waals surface area contributed by atoms with Crippen LogP contribution in [0.25, 0.3) is 0 Å². The molecule has 0 saturated heterocycles. The van der Waals surface area contributed by atoms with Gasteiger partial charge in [0, 0.05) is 6.04 Å². The molecule has 3 aliphatic rings. The number of rotatable bonds is 2. The molecule has 3 saturated carbocycles. The summed E-state index contributed by atoms with van der Waals surface area (Å²) in [6.45, 7) is 0. The number of hydrogen-bond donors (Lipinski definition) is 1. The third kappa shape index (κ3) is 1.49. The van der Waals surface area contributed by atoms with Crippen LogP contribution in [0.2, 0.25) is 0 Å². The lowest BCUT2D eigenvalue weighted by molar-refractivity contribution is -0.168. The van der Waals surface area contributed by atoms with Crippen LogP contribution in [0.15, 0.2) is 0 Å². The molecule has 3 atom stereocenters. The molecule has 3 rings (SSSR count). The lowest BCUT2D eigenvalue weighted by atomic mass is 9.94. The fraction of sp³-hybridized carbons (Fsp3) is 1.00. The maximum atomic E-state index is 12.7. The maximum Gasteiger partial charge on any atom is 0.406 e. The van der Waals surface area contributed by atoms with Gasteiger partial charge in [-0.05, 0) is 43.9 Å². The van der Waals surface area contributed by atoms with Crippen molar-refractivity contribution in [3.63, 3.8) is 0 Å². The molecule has 0 spiro atoms. The maximum absolute atomic E-state index is 12.7. The molecule has 4 heteroatoms. The van der Waals surface area contributed by atoms with Crippen molar-refractivity contribution in [1.29, 1.82) is 0 Å². The zero-order valence-corrected chi connectivity index (χ0v) is 8.61. The van der Waals surface area contributed by atoms with E-state index in [1.165, 1.54) is 6.42 Å². The van der Waals surface area contributed by atoms with Gasteiger partial charge in [0.25, 0.3) is 0 Å². The van der Waals surface area contributed by atoms with E-state index in [0.717, 1.165) is 19.3 Å². The summed E-state index contributed by atoms with van der Waals surface area (Å²) in [6, 6.07) is 0.146. The zero-order valence-electron chi connectivity index (χ0n) is 8.61. The van der Waals surface area contributed by atoms with Gasteiger partial charge in [-0.25, -0.2) is 0 Å². The topological polar surface area (TPSA) is 12.0 Å². The lowest BCUT2D eigenvalue weighted by Gasteiger charge is -2.30. The normalized spacial score (nSPS) is 42.2. The van der Waals surface area contributed by atoms with Gasteiger partial charge in [-0.3, -0.25) is 0 Å². The Bertz CT molecular complexity index is 269.